The highest BCUT2D eigenvalue weighted by Crippen LogP contribution is 2.11. The minimum atomic E-state index is -1.13. The van der Waals surface area contributed by atoms with E-state index in [4.69, 9.17) is 11.6 Å². The predicted octanol–water partition coefficient (Wildman–Crippen LogP) is 3.10. The van der Waals surface area contributed by atoms with Crippen molar-refractivity contribution in [2.24, 2.45) is 0 Å². The van der Waals surface area contributed by atoms with Crippen molar-refractivity contribution in [3.05, 3.63) is 35.4 Å². The van der Waals surface area contributed by atoms with E-state index in [-0.39, 0.29) is 17.5 Å². The molecule has 1 atom stereocenters. The van der Waals surface area contributed by atoms with Gasteiger partial charge in [-0.3, -0.25) is 4.79 Å². The fraction of sp³-hybridized carbons (Fsp3) is 0.417. The van der Waals surface area contributed by atoms with Crippen molar-refractivity contribution >= 4 is 17.5 Å². The van der Waals surface area contributed by atoms with Gasteiger partial charge in [0.15, 0.2) is 11.6 Å². The molecular formula is C12H14ClF2NO. The third kappa shape index (κ3) is 3.97. The van der Waals surface area contributed by atoms with Crippen LogP contribution < -0.4 is 5.32 Å². The molecular weight excluding hydrogens is 248 g/mol. The number of nitrogens with one attached hydrogen (secondary N) is 1. The van der Waals surface area contributed by atoms with Crippen molar-refractivity contribution in [1.29, 1.82) is 0 Å². The van der Waals surface area contributed by atoms with Gasteiger partial charge in [-0.2, -0.15) is 0 Å². The zero-order valence-electron chi connectivity index (χ0n) is 9.47. The maximum Gasteiger partial charge on any atom is 0.254 e. The van der Waals surface area contributed by atoms with Crippen LogP contribution in [-0.2, 0) is 0 Å². The minimum absolute atomic E-state index is 0.194. The molecule has 0 heterocycles. The summed E-state index contributed by atoms with van der Waals surface area (Å²) in [6.45, 7) is 2.22. The molecule has 1 amide bonds. The number of halogens is 3. The molecule has 0 aliphatic rings. The van der Waals surface area contributed by atoms with Gasteiger partial charge in [-0.25, -0.2) is 8.78 Å². The third-order valence-electron chi connectivity index (χ3n) is 2.28. The number of rotatable bonds is 5. The molecule has 0 saturated carbocycles. The maximum absolute atomic E-state index is 13.3. The first-order valence-electron chi connectivity index (χ1n) is 5.42. The van der Waals surface area contributed by atoms with Gasteiger partial charge in [0.1, 0.15) is 0 Å². The molecule has 0 radical (unpaired) electrons. The normalized spacial score (nSPS) is 12.2. The number of carbonyl (C=O) groups excluding carboxylic acids is 1. The fourth-order valence-corrected chi connectivity index (χ4v) is 1.69. The monoisotopic (exact) mass is 261 g/mol. The number of alkyl halides is 1. The molecule has 1 aromatic rings. The first-order valence-corrected chi connectivity index (χ1v) is 5.86. The fourth-order valence-electron chi connectivity index (χ4n) is 1.39. The zero-order valence-corrected chi connectivity index (χ0v) is 10.2. The van der Waals surface area contributed by atoms with Gasteiger partial charge in [-0.15, -0.1) is 11.6 Å². The SMILES string of the molecule is CCCC(Cl)CNC(=O)c1cccc(F)c1F. The third-order valence-corrected chi connectivity index (χ3v) is 2.65. The van der Waals surface area contributed by atoms with Crippen LogP contribution in [0.5, 0.6) is 0 Å². The molecule has 0 bridgehead atoms. The van der Waals surface area contributed by atoms with Crippen LogP contribution in [0, 0.1) is 11.6 Å². The maximum atomic E-state index is 13.3. The lowest BCUT2D eigenvalue weighted by atomic mass is 10.2. The Hall–Kier alpha value is -1.16. The molecule has 2 nitrogen and oxygen atoms in total. The number of hydrogen-bond donors (Lipinski definition) is 1. The standard InChI is InChI=1S/C12H14ClF2NO/c1-2-4-8(13)7-16-12(17)9-5-3-6-10(14)11(9)15/h3,5-6,8H,2,4,7H2,1H3,(H,16,17). The molecule has 94 valence electrons. The van der Waals surface area contributed by atoms with Crippen LogP contribution in [0.1, 0.15) is 30.1 Å². The highest BCUT2D eigenvalue weighted by Gasteiger charge is 2.15. The van der Waals surface area contributed by atoms with Gasteiger partial charge < -0.3 is 5.32 Å². The molecule has 5 heteroatoms. The summed E-state index contributed by atoms with van der Waals surface area (Å²) in [6.07, 6.45) is 1.66. The Kier molecular flexibility index (Phi) is 5.35. The van der Waals surface area contributed by atoms with Crippen LogP contribution >= 0.6 is 11.6 Å². The lowest BCUT2D eigenvalue weighted by molar-refractivity contribution is 0.0948. The molecule has 1 unspecified atom stereocenters. The molecule has 17 heavy (non-hydrogen) atoms. The van der Waals surface area contributed by atoms with E-state index < -0.39 is 17.5 Å². The van der Waals surface area contributed by atoms with E-state index in [9.17, 15) is 13.6 Å². The summed E-state index contributed by atoms with van der Waals surface area (Å²) >= 11 is 5.90. The van der Waals surface area contributed by atoms with Gasteiger partial charge >= 0.3 is 0 Å². The molecule has 0 aliphatic carbocycles. The van der Waals surface area contributed by atoms with Gasteiger partial charge in [-0.05, 0) is 18.6 Å². The van der Waals surface area contributed by atoms with Crippen molar-refractivity contribution in [3.8, 4) is 0 Å². The van der Waals surface area contributed by atoms with E-state index in [0.717, 1.165) is 18.9 Å². The van der Waals surface area contributed by atoms with Crippen molar-refractivity contribution in [2.75, 3.05) is 6.54 Å². The van der Waals surface area contributed by atoms with Crippen molar-refractivity contribution in [2.45, 2.75) is 25.1 Å². The van der Waals surface area contributed by atoms with E-state index >= 15 is 0 Å². The lowest BCUT2D eigenvalue weighted by Crippen LogP contribution is -2.30. The van der Waals surface area contributed by atoms with Crippen LogP contribution in [-0.4, -0.2) is 17.8 Å². The second kappa shape index (κ2) is 6.55. The first-order chi connectivity index (χ1) is 8.06. The van der Waals surface area contributed by atoms with Crippen molar-refractivity contribution < 1.29 is 13.6 Å². The van der Waals surface area contributed by atoms with Gasteiger partial charge in [0.2, 0.25) is 0 Å². The molecule has 0 fully saturated rings. The molecule has 1 aromatic carbocycles. The van der Waals surface area contributed by atoms with Crippen LogP contribution in [0.2, 0.25) is 0 Å². The zero-order chi connectivity index (χ0) is 12.8. The molecule has 0 spiro atoms. The topological polar surface area (TPSA) is 29.1 Å². The summed E-state index contributed by atoms with van der Waals surface area (Å²) in [4.78, 5) is 11.6. The van der Waals surface area contributed by atoms with E-state index in [0.29, 0.717) is 0 Å². The van der Waals surface area contributed by atoms with E-state index in [2.05, 4.69) is 5.32 Å². The second-order valence-corrected chi connectivity index (χ2v) is 4.31. The van der Waals surface area contributed by atoms with Crippen LogP contribution in [0.4, 0.5) is 8.78 Å². The quantitative estimate of drug-likeness (QED) is 0.811. The van der Waals surface area contributed by atoms with E-state index in [1.165, 1.54) is 12.1 Å². The summed E-state index contributed by atoms with van der Waals surface area (Å²) in [5, 5.41) is 2.28. The Morgan fingerprint density at radius 1 is 1.47 bits per heavy atom. The largest absolute Gasteiger partial charge is 0.350 e. The first kappa shape index (κ1) is 13.9. The summed E-state index contributed by atoms with van der Waals surface area (Å²) < 4.78 is 26.1. The van der Waals surface area contributed by atoms with Gasteiger partial charge in [0.25, 0.3) is 5.91 Å². The smallest absolute Gasteiger partial charge is 0.254 e. The number of hydrogen-bond acceptors (Lipinski definition) is 1. The Balaban J connectivity index is 2.61. The van der Waals surface area contributed by atoms with E-state index in [1.807, 2.05) is 6.92 Å². The Labute approximate surface area is 104 Å². The number of carbonyl (C=O) groups is 1. The predicted molar refractivity (Wildman–Crippen MR) is 63.2 cm³/mol. The Bertz CT molecular complexity index is 398. The summed E-state index contributed by atoms with van der Waals surface area (Å²) in [6, 6.07) is 3.49. The second-order valence-electron chi connectivity index (χ2n) is 3.70. The van der Waals surface area contributed by atoms with Gasteiger partial charge in [-0.1, -0.05) is 19.4 Å². The van der Waals surface area contributed by atoms with Gasteiger partial charge in [0.05, 0.1) is 10.9 Å². The summed E-state index contributed by atoms with van der Waals surface area (Å²) in [5.74, 6) is -2.82. The number of benzene rings is 1. The Morgan fingerprint density at radius 2 is 2.18 bits per heavy atom. The van der Waals surface area contributed by atoms with Crippen molar-refractivity contribution in [3.63, 3.8) is 0 Å². The molecule has 0 saturated heterocycles. The van der Waals surface area contributed by atoms with Crippen LogP contribution in [0.15, 0.2) is 18.2 Å². The summed E-state index contributed by atoms with van der Waals surface area (Å²) in [7, 11) is 0. The molecule has 0 aromatic heterocycles. The Morgan fingerprint density at radius 3 is 2.82 bits per heavy atom. The molecule has 1 N–H and O–H groups in total. The van der Waals surface area contributed by atoms with Crippen LogP contribution in [0.25, 0.3) is 0 Å². The highest BCUT2D eigenvalue weighted by molar-refractivity contribution is 6.20. The lowest BCUT2D eigenvalue weighted by Gasteiger charge is -2.10. The van der Waals surface area contributed by atoms with Crippen LogP contribution in [0.3, 0.4) is 0 Å². The average molecular weight is 262 g/mol. The average Bonchev–Trinajstić information content (AvgIpc) is 2.30. The molecule has 1 rings (SSSR count). The van der Waals surface area contributed by atoms with Gasteiger partial charge in [0, 0.05) is 6.54 Å². The summed E-state index contributed by atoms with van der Waals surface area (Å²) in [5.41, 5.74) is -0.301. The molecule has 0 aliphatic heterocycles. The minimum Gasteiger partial charge on any atom is -0.350 e. The highest BCUT2D eigenvalue weighted by atomic mass is 35.5. The number of amides is 1. The van der Waals surface area contributed by atoms with E-state index in [1.54, 1.807) is 0 Å². The van der Waals surface area contributed by atoms with Crippen molar-refractivity contribution in [1.82, 2.24) is 5.32 Å².